The van der Waals surface area contributed by atoms with Crippen molar-refractivity contribution in [2.24, 2.45) is 16.5 Å². The first-order valence-electron chi connectivity index (χ1n) is 13.0. The van der Waals surface area contributed by atoms with Crippen LogP contribution in [0.15, 0.2) is 29.3 Å². The van der Waals surface area contributed by atoms with Crippen molar-refractivity contribution >= 4 is 64.1 Å². The van der Waals surface area contributed by atoms with E-state index in [1.165, 1.54) is 0 Å². The van der Waals surface area contributed by atoms with Crippen molar-refractivity contribution in [2.75, 3.05) is 26.3 Å². The molecule has 43 heavy (non-hydrogen) atoms. The third-order valence-corrected chi connectivity index (χ3v) is 7.06. The molecule has 1 aromatic carbocycles. The van der Waals surface area contributed by atoms with Gasteiger partial charge >= 0.3 is 5.97 Å². The number of rotatable bonds is 10. The van der Waals surface area contributed by atoms with Crippen molar-refractivity contribution in [3.8, 4) is 0 Å². The van der Waals surface area contributed by atoms with Gasteiger partial charge in [0, 0.05) is 16.5 Å². The number of aliphatic carboxylic acids is 1. The van der Waals surface area contributed by atoms with Gasteiger partial charge in [-0.3, -0.25) is 33.8 Å². The quantitative estimate of drug-likeness (QED) is 0.0479. The standard InChI is InChI=1S/C25H35IN8O9/c26-14-5-3-13(4-6-14)8-16-22(42)34-25(11-35,12-36)23(43)33-15(2-1-7-29-24(27)28)20(40)30-10-18(37)31-17(9-19(38)39)21(41)32-16/h3-6,15-17,35-36H,1-2,7-12H2,(H,30,40)(H,31,37)(H,32,41)(H,33,43)(H,34,42)(H,38,39)(H4,27,28,29)/t15-,16+,17-/m0/s1. The van der Waals surface area contributed by atoms with Crippen LogP contribution in [-0.4, -0.2) is 107 Å². The summed E-state index contributed by atoms with van der Waals surface area (Å²) < 4.78 is 0.883. The minimum absolute atomic E-state index is 0.0615. The number of nitrogens with one attached hydrogen (secondary N) is 5. The van der Waals surface area contributed by atoms with Crippen molar-refractivity contribution < 1.29 is 44.1 Å². The Morgan fingerprint density at radius 2 is 1.58 bits per heavy atom. The number of carbonyl (C=O) groups excluding carboxylic acids is 5. The van der Waals surface area contributed by atoms with Crippen LogP contribution in [0.25, 0.3) is 0 Å². The molecule has 1 fully saturated rings. The maximum Gasteiger partial charge on any atom is 0.305 e. The summed E-state index contributed by atoms with van der Waals surface area (Å²) in [6, 6.07) is 2.40. The molecule has 1 aliphatic rings. The lowest BCUT2D eigenvalue weighted by molar-refractivity contribution is -0.142. The van der Waals surface area contributed by atoms with E-state index in [2.05, 4.69) is 54.2 Å². The fraction of sp³-hybridized carbons (Fsp3) is 0.480. The number of carboxylic acids is 1. The Balaban J connectivity index is 2.51. The molecule has 0 bridgehead atoms. The van der Waals surface area contributed by atoms with Gasteiger partial charge in [-0.25, -0.2) is 0 Å². The maximum atomic E-state index is 13.5. The average molecular weight is 719 g/mol. The van der Waals surface area contributed by atoms with Crippen LogP contribution in [0.1, 0.15) is 24.8 Å². The summed E-state index contributed by atoms with van der Waals surface area (Å²) in [4.78, 5) is 80.8. The van der Waals surface area contributed by atoms with Crippen LogP contribution >= 0.6 is 22.6 Å². The number of nitrogens with two attached hydrogens (primary N) is 2. The molecule has 1 aliphatic heterocycles. The normalized spacial score (nSPS) is 21.6. The van der Waals surface area contributed by atoms with Crippen LogP contribution in [0.3, 0.4) is 0 Å². The van der Waals surface area contributed by atoms with E-state index < -0.39 is 85.3 Å². The molecule has 0 aromatic heterocycles. The molecule has 1 saturated heterocycles. The maximum absolute atomic E-state index is 13.5. The zero-order valence-electron chi connectivity index (χ0n) is 23.0. The van der Waals surface area contributed by atoms with Gasteiger partial charge in [0.1, 0.15) is 18.1 Å². The first-order chi connectivity index (χ1) is 20.3. The Morgan fingerprint density at radius 3 is 2.16 bits per heavy atom. The van der Waals surface area contributed by atoms with Crippen LogP contribution in [-0.2, 0) is 35.2 Å². The molecule has 0 unspecified atom stereocenters. The molecule has 18 heteroatoms. The second kappa shape index (κ2) is 16.6. The minimum atomic E-state index is -2.35. The van der Waals surface area contributed by atoms with Crippen LogP contribution in [0.5, 0.6) is 0 Å². The highest BCUT2D eigenvalue weighted by Crippen LogP contribution is 2.12. The van der Waals surface area contributed by atoms with Crippen molar-refractivity contribution in [3.63, 3.8) is 0 Å². The summed E-state index contributed by atoms with van der Waals surface area (Å²) in [6.07, 6.45) is -0.885. The van der Waals surface area contributed by atoms with Gasteiger partial charge in [-0.05, 0) is 53.1 Å². The third kappa shape index (κ3) is 10.9. The monoisotopic (exact) mass is 718 g/mol. The fourth-order valence-corrected chi connectivity index (χ4v) is 4.34. The largest absolute Gasteiger partial charge is 0.481 e. The van der Waals surface area contributed by atoms with E-state index >= 15 is 0 Å². The van der Waals surface area contributed by atoms with Crippen LogP contribution < -0.4 is 38.1 Å². The Kier molecular flexibility index (Phi) is 13.5. The number of aliphatic hydroxyl groups is 2. The van der Waals surface area contributed by atoms with Gasteiger partial charge in [-0.1, -0.05) is 12.1 Å². The lowest BCUT2D eigenvalue weighted by atomic mass is 9.97. The number of hydrogen-bond acceptors (Lipinski definition) is 9. The van der Waals surface area contributed by atoms with Gasteiger partial charge in [0.15, 0.2) is 11.5 Å². The summed E-state index contributed by atoms with van der Waals surface area (Å²) in [7, 11) is 0. The Bertz CT molecular complexity index is 1220. The Labute approximate surface area is 259 Å². The average Bonchev–Trinajstić information content (AvgIpc) is 2.95. The van der Waals surface area contributed by atoms with E-state index in [0.717, 1.165) is 3.57 Å². The molecule has 0 saturated carbocycles. The van der Waals surface area contributed by atoms with E-state index in [0.29, 0.717) is 5.56 Å². The van der Waals surface area contributed by atoms with Crippen molar-refractivity contribution in [3.05, 3.63) is 33.4 Å². The van der Waals surface area contributed by atoms with Crippen LogP contribution in [0.4, 0.5) is 0 Å². The van der Waals surface area contributed by atoms with Gasteiger partial charge in [0.25, 0.3) is 5.91 Å². The van der Waals surface area contributed by atoms with E-state index in [-0.39, 0.29) is 31.8 Å². The first kappa shape index (κ1) is 35.2. The molecular formula is C25H35IN8O9. The first-order valence-corrected chi connectivity index (χ1v) is 14.1. The fourth-order valence-electron chi connectivity index (χ4n) is 3.98. The van der Waals surface area contributed by atoms with Crippen LogP contribution in [0, 0.1) is 3.57 Å². The van der Waals surface area contributed by atoms with Crippen molar-refractivity contribution in [2.45, 2.75) is 49.3 Å². The van der Waals surface area contributed by atoms with Crippen molar-refractivity contribution in [1.82, 2.24) is 26.6 Å². The number of aliphatic hydroxyl groups excluding tert-OH is 2. The number of amides is 5. The summed E-state index contributed by atoms with van der Waals surface area (Å²) in [6.45, 7) is -2.82. The van der Waals surface area contributed by atoms with Gasteiger partial charge in [0.05, 0.1) is 26.2 Å². The molecule has 236 valence electrons. The summed E-state index contributed by atoms with van der Waals surface area (Å²) in [5.41, 5.74) is 8.83. The second-order valence-electron chi connectivity index (χ2n) is 9.69. The predicted molar refractivity (Wildman–Crippen MR) is 159 cm³/mol. The smallest absolute Gasteiger partial charge is 0.305 e. The number of hydrogen-bond donors (Lipinski definition) is 10. The molecule has 0 radical (unpaired) electrons. The van der Waals surface area contributed by atoms with Crippen LogP contribution in [0.2, 0.25) is 0 Å². The van der Waals surface area contributed by atoms with E-state index in [4.69, 9.17) is 11.5 Å². The molecular weight excluding hydrogens is 683 g/mol. The zero-order valence-corrected chi connectivity index (χ0v) is 25.1. The van der Waals surface area contributed by atoms with Gasteiger partial charge in [-0.15, -0.1) is 0 Å². The molecule has 3 atom stereocenters. The topological polar surface area (TPSA) is 288 Å². The van der Waals surface area contributed by atoms with E-state index in [1.807, 2.05) is 0 Å². The lowest BCUT2D eigenvalue weighted by Crippen LogP contribution is -2.68. The highest BCUT2D eigenvalue weighted by molar-refractivity contribution is 14.1. The number of aliphatic imine (C=N–C) groups is 1. The molecule has 1 aromatic rings. The molecule has 17 nitrogen and oxygen atoms in total. The molecule has 0 aliphatic carbocycles. The number of halogens is 1. The number of carbonyl (C=O) groups is 6. The second-order valence-corrected chi connectivity index (χ2v) is 10.9. The Morgan fingerprint density at radius 1 is 0.930 bits per heavy atom. The van der Waals surface area contributed by atoms with E-state index in [1.54, 1.807) is 24.3 Å². The number of guanidine groups is 1. The highest BCUT2D eigenvalue weighted by Gasteiger charge is 2.43. The Hall–Kier alpha value is -4.04. The highest BCUT2D eigenvalue weighted by atomic mass is 127. The molecule has 5 amide bonds. The van der Waals surface area contributed by atoms with Gasteiger partial charge in [0.2, 0.25) is 23.6 Å². The number of benzene rings is 1. The number of carboxylic acid groups (broad SMARTS) is 1. The molecule has 1 heterocycles. The number of nitrogens with zero attached hydrogens (tertiary/aromatic N) is 1. The zero-order chi connectivity index (χ0) is 32.2. The molecule has 12 N–H and O–H groups in total. The van der Waals surface area contributed by atoms with E-state index in [9.17, 15) is 44.1 Å². The van der Waals surface area contributed by atoms with Gasteiger partial charge < -0.3 is 53.4 Å². The summed E-state index contributed by atoms with van der Waals surface area (Å²) >= 11 is 2.07. The minimum Gasteiger partial charge on any atom is -0.481 e. The lowest BCUT2D eigenvalue weighted by Gasteiger charge is -2.33. The molecule has 2 rings (SSSR count). The SMILES string of the molecule is NC(N)=NCCC[C@@H]1NC(=O)C(CO)(CO)NC(=O)[C@@H](Cc2ccc(I)cc2)NC(=O)[C@H](CC(=O)O)NC(=O)CNC1=O. The summed E-state index contributed by atoms with van der Waals surface area (Å²) in [5, 5.41) is 41.2. The predicted octanol–water partition coefficient (Wildman–Crippen LogP) is -4.21. The summed E-state index contributed by atoms with van der Waals surface area (Å²) in [5.74, 6) is -6.61. The third-order valence-electron chi connectivity index (χ3n) is 6.34. The molecule has 0 spiro atoms. The van der Waals surface area contributed by atoms with Crippen molar-refractivity contribution in [1.29, 1.82) is 0 Å². The van der Waals surface area contributed by atoms with Gasteiger partial charge in [-0.2, -0.15) is 0 Å².